The van der Waals surface area contributed by atoms with Crippen LogP contribution in [0.5, 0.6) is 0 Å². The van der Waals surface area contributed by atoms with Gasteiger partial charge in [0.1, 0.15) is 0 Å². The topological polar surface area (TPSA) is 79.4 Å². The van der Waals surface area contributed by atoms with Crippen molar-refractivity contribution in [3.8, 4) is 0 Å². The molecule has 0 aliphatic carbocycles. The Bertz CT molecular complexity index is 217. The van der Waals surface area contributed by atoms with Gasteiger partial charge in [-0.15, -0.1) is 0 Å². The van der Waals surface area contributed by atoms with Crippen LogP contribution in [0.1, 0.15) is 19.3 Å². The molecule has 1 unspecified atom stereocenters. The van der Waals surface area contributed by atoms with Gasteiger partial charge in [0.25, 0.3) is 0 Å². The molecular weight excluding hydrogens is 170 g/mol. The van der Waals surface area contributed by atoms with Gasteiger partial charge in [-0.3, -0.25) is 10.2 Å². The molecule has 0 radical (unpaired) electrons. The molecule has 1 atom stereocenters. The van der Waals surface area contributed by atoms with Crippen molar-refractivity contribution in [1.29, 1.82) is 5.41 Å². The van der Waals surface area contributed by atoms with E-state index in [2.05, 4.69) is 4.74 Å². The third-order valence-electron chi connectivity index (χ3n) is 2.32. The Morgan fingerprint density at radius 1 is 1.77 bits per heavy atom. The minimum Gasteiger partial charge on any atom is -0.469 e. The smallest absolute Gasteiger partial charge is 0.307 e. The van der Waals surface area contributed by atoms with E-state index in [0.29, 0.717) is 6.42 Å². The maximum Gasteiger partial charge on any atom is 0.307 e. The summed E-state index contributed by atoms with van der Waals surface area (Å²) in [5.74, 6) is -0.190. The van der Waals surface area contributed by atoms with Gasteiger partial charge in [0.05, 0.1) is 13.5 Å². The average Bonchev–Trinajstić information content (AvgIpc) is 2.52. The summed E-state index contributed by atoms with van der Waals surface area (Å²) in [4.78, 5) is 12.7. The number of nitrogens with one attached hydrogen (secondary N) is 1. The van der Waals surface area contributed by atoms with E-state index in [4.69, 9.17) is 11.1 Å². The second-order valence-electron chi connectivity index (χ2n) is 3.15. The van der Waals surface area contributed by atoms with Crippen molar-refractivity contribution in [2.75, 3.05) is 13.7 Å². The first kappa shape index (κ1) is 9.83. The third kappa shape index (κ3) is 2.34. The lowest BCUT2D eigenvalue weighted by molar-refractivity contribution is -0.141. The van der Waals surface area contributed by atoms with Gasteiger partial charge in [-0.25, -0.2) is 0 Å². The number of likely N-dealkylation sites (tertiary alicyclic amines) is 1. The van der Waals surface area contributed by atoms with E-state index in [-0.39, 0.29) is 18.0 Å². The molecule has 0 aromatic carbocycles. The van der Waals surface area contributed by atoms with Gasteiger partial charge < -0.3 is 15.4 Å². The van der Waals surface area contributed by atoms with Crippen molar-refractivity contribution >= 4 is 11.9 Å². The van der Waals surface area contributed by atoms with Crippen LogP contribution in [0.25, 0.3) is 0 Å². The molecule has 0 saturated carbocycles. The molecule has 1 heterocycles. The number of carbonyl (C=O) groups is 1. The maximum atomic E-state index is 11.0. The maximum absolute atomic E-state index is 11.0. The summed E-state index contributed by atoms with van der Waals surface area (Å²) in [6.07, 6.45) is 2.23. The number of hydrogen-bond donors (Lipinski definition) is 2. The number of nitrogens with two attached hydrogens (primary N) is 1. The molecule has 5 heteroatoms. The Hall–Kier alpha value is -1.26. The van der Waals surface area contributed by atoms with Gasteiger partial charge in [0, 0.05) is 12.6 Å². The Morgan fingerprint density at radius 2 is 2.46 bits per heavy atom. The van der Waals surface area contributed by atoms with Crippen molar-refractivity contribution in [3.63, 3.8) is 0 Å². The molecule has 1 rings (SSSR count). The molecule has 1 aliphatic heterocycles. The number of nitrogens with zero attached hydrogens (tertiary/aromatic N) is 1. The van der Waals surface area contributed by atoms with Crippen molar-refractivity contribution in [2.45, 2.75) is 25.3 Å². The van der Waals surface area contributed by atoms with Crippen LogP contribution in [0.3, 0.4) is 0 Å². The van der Waals surface area contributed by atoms with Crippen LogP contribution in [0.2, 0.25) is 0 Å². The predicted molar refractivity (Wildman–Crippen MR) is 48.3 cm³/mol. The zero-order valence-electron chi connectivity index (χ0n) is 7.75. The summed E-state index contributed by atoms with van der Waals surface area (Å²) in [5.41, 5.74) is 5.36. The number of ether oxygens (including phenoxy) is 1. The Morgan fingerprint density at radius 3 is 3.00 bits per heavy atom. The number of methoxy groups -OCH3 is 1. The lowest BCUT2D eigenvalue weighted by Crippen LogP contribution is -2.41. The van der Waals surface area contributed by atoms with E-state index in [1.807, 2.05) is 0 Å². The van der Waals surface area contributed by atoms with Crippen LogP contribution in [-0.4, -0.2) is 36.5 Å². The molecule has 1 saturated heterocycles. The third-order valence-corrected chi connectivity index (χ3v) is 2.32. The van der Waals surface area contributed by atoms with Crippen LogP contribution >= 0.6 is 0 Å². The van der Waals surface area contributed by atoms with Crippen molar-refractivity contribution < 1.29 is 9.53 Å². The molecule has 1 fully saturated rings. The number of guanidine groups is 1. The Kier molecular flexibility index (Phi) is 3.11. The van der Waals surface area contributed by atoms with Crippen molar-refractivity contribution in [2.24, 2.45) is 5.73 Å². The molecule has 0 amide bonds. The first-order valence-corrected chi connectivity index (χ1v) is 4.32. The zero-order valence-corrected chi connectivity index (χ0v) is 7.75. The molecule has 0 bridgehead atoms. The quantitative estimate of drug-likeness (QED) is 0.358. The van der Waals surface area contributed by atoms with Gasteiger partial charge in [-0.2, -0.15) is 0 Å². The number of esters is 1. The standard InChI is InChI=1S/C8H15N3O2/c1-13-7(12)5-6-3-2-4-11(6)8(9)10/h6H,2-5H2,1H3,(H3,9,10). The highest BCUT2D eigenvalue weighted by molar-refractivity contribution is 5.77. The normalized spacial score (nSPS) is 21.6. The Balaban J connectivity index is 2.48. The molecule has 74 valence electrons. The molecule has 0 spiro atoms. The van der Waals surface area contributed by atoms with E-state index in [1.54, 1.807) is 4.90 Å². The number of rotatable bonds is 2. The summed E-state index contributed by atoms with van der Waals surface area (Å²) in [7, 11) is 1.37. The summed E-state index contributed by atoms with van der Waals surface area (Å²) in [6.45, 7) is 0.775. The van der Waals surface area contributed by atoms with Gasteiger partial charge in [-0.05, 0) is 12.8 Å². The van der Waals surface area contributed by atoms with Gasteiger partial charge in [0.15, 0.2) is 5.96 Å². The number of hydrogen-bond acceptors (Lipinski definition) is 3. The zero-order chi connectivity index (χ0) is 9.84. The fourth-order valence-corrected chi connectivity index (χ4v) is 1.64. The van der Waals surface area contributed by atoms with Crippen LogP contribution in [0.15, 0.2) is 0 Å². The van der Waals surface area contributed by atoms with E-state index in [9.17, 15) is 4.79 Å². The first-order chi connectivity index (χ1) is 6.15. The van der Waals surface area contributed by atoms with Crippen LogP contribution < -0.4 is 5.73 Å². The summed E-state index contributed by atoms with van der Waals surface area (Å²) in [6, 6.07) is 0.0601. The van der Waals surface area contributed by atoms with Gasteiger partial charge in [0.2, 0.25) is 0 Å². The minimum atomic E-state index is -0.238. The SMILES string of the molecule is COC(=O)CC1CCCN1C(=N)N. The predicted octanol–water partition coefficient (Wildman–Crippen LogP) is -0.0926. The highest BCUT2D eigenvalue weighted by Crippen LogP contribution is 2.19. The number of carbonyl (C=O) groups excluding carboxylic acids is 1. The van der Waals surface area contributed by atoms with Crippen LogP contribution in [0, 0.1) is 5.41 Å². The van der Waals surface area contributed by atoms with E-state index in [0.717, 1.165) is 19.4 Å². The van der Waals surface area contributed by atoms with E-state index >= 15 is 0 Å². The van der Waals surface area contributed by atoms with Crippen LogP contribution in [-0.2, 0) is 9.53 Å². The van der Waals surface area contributed by atoms with Crippen LogP contribution in [0.4, 0.5) is 0 Å². The monoisotopic (exact) mass is 185 g/mol. The van der Waals surface area contributed by atoms with Gasteiger partial charge >= 0.3 is 5.97 Å². The molecule has 5 nitrogen and oxygen atoms in total. The molecule has 0 aromatic rings. The molecule has 0 aromatic heterocycles. The summed E-state index contributed by atoms with van der Waals surface area (Å²) >= 11 is 0. The average molecular weight is 185 g/mol. The molecule has 3 N–H and O–H groups in total. The molecule has 1 aliphatic rings. The van der Waals surface area contributed by atoms with E-state index < -0.39 is 0 Å². The fraction of sp³-hybridized carbons (Fsp3) is 0.750. The second kappa shape index (κ2) is 4.11. The second-order valence-corrected chi connectivity index (χ2v) is 3.15. The van der Waals surface area contributed by atoms with Crippen molar-refractivity contribution in [3.05, 3.63) is 0 Å². The highest BCUT2D eigenvalue weighted by atomic mass is 16.5. The highest BCUT2D eigenvalue weighted by Gasteiger charge is 2.27. The Labute approximate surface area is 77.3 Å². The largest absolute Gasteiger partial charge is 0.469 e. The van der Waals surface area contributed by atoms with Crippen molar-refractivity contribution in [1.82, 2.24) is 4.90 Å². The fourth-order valence-electron chi connectivity index (χ4n) is 1.64. The molecule has 13 heavy (non-hydrogen) atoms. The van der Waals surface area contributed by atoms with E-state index in [1.165, 1.54) is 7.11 Å². The first-order valence-electron chi connectivity index (χ1n) is 4.32. The summed E-state index contributed by atoms with van der Waals surface area (Å²) in [5, 5.41) is 7.27. The lowest BCUT2D eigenvalue weighted by Gasteiger charge is -2.23. The minimum absolute atomic E-state index is 0.0476. The lowest BCUT2D eigenvalue weighted by atomic mass is 10.1. The summed E-state index contributed by atoms with van der Waals surface area (Å²) < 4.78 is 4.56. The van der Waals surface area contributed by atoms with Gasteiger partial charge in [-0.1, -0.05) is 0 Å². The molecular formula is C8H15N3O2.